The number of likely N-dealkylation sites (tertiary alicyclic amines) is 1. The number of rotatable bonds is 2. The van der Waals surface area contributed by atoms with Gasteiger partial charge in [0.1, 0.15) is 0 Å². The molecule has 0 bridgehead atoms. The molecule has 1 aliphatic carbocycles. The normalized spacial score (nSPS) is 31.3. The van der Waals surface area contributed by atoms with Gasteiger partial charge < -0.3 is 10.2 Å². The molecule has 0 radical (unpaired) electrons. The molecule has 1 aromatic rings. The van der Waals surface area contributed by atoms with Crippen molar-refractivity contribution in [3.8, 4) is 0 Å². The van der Waals surface area contributed by atoms with E-state index in [9.17, 15) is 4.79 Å². The molecule has 5 nitrogen and oxygen atoms in total. The van der Waals surface area contributed by atoms with E-state index in [0.29, 0.717) is 23.2 Å². The second-order valence-electron chi connectivity index (χ2n) is 7.00. The summed E-state index contributed by atoms with van der Waals surface area (Å²) in [4.78, 5) is 15.0. The first-order valence-corrected chi connectivity index (χ1v) is 8.27. The van der Waals surface area contributed by atoms with Crippen molar-refractivity contribution in [2.45, 2.75) is 38.0 Å². The van der Waals surface area contributed by atoms with E-state index < -0.39 is 0 Å². The number of piperidine rings is 2. The van der Waals surface area contributed by atoms with Gasteiger partial charge in [-0.15, -0.1) is 0 Å². The van der Waals surface area contributed by atoms with Crippen LogP contribution in [0.25, 0.3) is 0 Å². The van der Waals surface area contributed by atoms with Crippen LogP contribution in [0.1, 0.15) is 43.7 Å². The molecule has 2 unspecified atom stereocenters. The van der Waals surface area contributed by atoms with E-state index in [1.165, 1.54) is 18.5 Å². The van der Waals surface area contributed by atoms with Crippen molar-refractivity contribution < 1.29 is 4.79 Å². The highest BCUT2D eigenvalue weighted by atomic mass is 16.2. The molecule has 3 aliphatic rings. The molecule has 1 amide bonds. The lowest BCUT2D eigenvalue weighted by atomic mass is 9.90. The predicted octanol–water partition coefficient (Wildman–Crippen LogP) is 1.51. The van der Waals surface area contributed by atoms with Crippen LogP contribution in [-0.2, 0) is 4.79 Å². The number of aromatic nitrogens is 2. The fraction of sp³-hybridized carbons (Fsp3) is 0.750. The average molecular weight is 288 g/mol. The van der Waals surface area contributed by atoms with Gasteiger partial charge in [-0.1, -0.05) is 0 Å². The summed E-state index contributed by atoms with van der Waals surface area (Å²) in [6.07, 6.45) is 7.56. The Bertz CT molecular complexity index is 506. The molecule has 3 heterocycles. The SMILES string of the molecule is O=C(C1CC12CCNCC2)N1CCCC(c2ccn[nH]2)C1. The second-order valence-corrected chi connectivity index (χ2v) is 7.00. The zero-order chi connectivity index (χ0) is 14.3. The Labute approximate surface area is 125 Å². The molecule has 2 aliphatic heterocycles. The number of amides is 1. The van der Waals surface area contributed by atoms with Crippen molar-refractivity contribution in [2.75, 3.05) is 26.2 Å². The quantitative estimate of drug-likeness (QED) is 0.867. The van der Waals surface area contributed by atoms with Gasteiger partial charge in [0.2, 0.25) is 5.91 Å². The lowest BCUT2D eigenvalue weighted by molar-refractivity contribution is -0.134. The van der Waals surface area contributed by atoms with E-state index in [1.54, 1.807) is 6.20 Å². The first kappa shape index (κ1) is 13.3. The molecule has 5 heteroatoms. The van der Waals surface area contributed by atoms with Crippen LogP contribution in [0.15, 0.2) is 12.3 Å². The summed E-state index contributed by atoms with van der Waals surface area (Å²) in [5.41, 5.74) is 1.53. The van der Waals surface area contributed by atoms with Crippen molar-refractivity contribution in [1.29, 1.82) is 0 Å². The topological polar surface area (TPSA) is 61.0 Å². The molecule has 0 aromatic carbocycles. The zero-order valence-electron chi connectivity index (χ0n) is 12.5. The number of carbonyl (C=O) groups is 1. The first-order chi connectivity index (χ1) is 10.3. The number of aromatic amines is 1. The van der Waals surface area contributed by atoms with Gasteiger partial charge in [-0.3, -0.25) is 9.89 Å². The fourth-order valence-electron chi connectivity index (χ4n) is 4.32. The van der Waals surface area contributed by atoms with Crippen molar-refractivity contribution >= 4 is 5.91 Å². The Morgan fingerprint density at radius 2 is 2.24 bits per heavy atom. The number of nitrogens with zero attached hydrogens (tertiary/aromatic N) is 2. The molecule has 2 atom stereocenters. The maximum atomic E-state index is 12.8. The lowest BCUT2D eigenvalue weighted by Gasteiger charge is -2.33. The van der Waals surface area contributed by atoms with E-state index in [1.807, 2.05) is 6.07 Å². The average Bonchev–Trinajstić information content (AvgIpc) is 2.99. The van der Waals surface area contributed by atoms with Crippen molar-refractivity contribution in [2.24, 2.45) is 11.3 Å². The van der Waals surface area contributed by atoms with Crippen LogP contribution in [0.5, 0.6) is 0 Å². The van der Waals surface area contributed by atoms with Crippen LogP contribution in [0.4, 0.5) is 0 Å². The van der Waals surface area contributed by atoms with Gasteiger partial charge in [0.05, 0.1) is 0 Å². The first-order valence-electron chi connectivity index (χ1n) is 8.27. The number of carbonyl (C=O) groups excluding carboxylic acids is 1. The van der Waals surface area contributed by atoms with E-state index in [0.717, 1.165) is 45.4 Å². The highest BCUT2D eigenvalue weighted by molar-refractivity contribution is 5.83. The minimum Gasteiger partial charge on any atom is -0.342 e. The monoisotopic (exact) mass is 288 g/mol. The maximum Gasteiger partial charge on any atom is 0.226 e. The van der Waals surface area contributed by atoms with Crippen molar-refractivity contribution in [3.63, 3.8) is 0 Å². The summed E-state index contributed by atoms with van der Waals surface area (Å²) >= 11 is 0. The Hall–Kier alpha value is -1.36. The molecule has 2 N–H and O–H groups in total. The molecular weight excluding hydrogens is 264 g/mol. The molecule has 1 saturated carbocycles. The van der Waals surface area contributed by atoms with Crippen LogP contribution in [0, 0.1) is 11.3 Å². The Morgan fingerprint density at radius 1 is 1.38 bits per heavy atom. The third-order valence-corrected chi connectivity index (χ3v) is 5.78. The van der Waals surface area contributed by atoms with E-state index >= 15 is 0 Å². The summed E-state index contributed by atoms with van der Waals surface area (Å²) in [5, 5.41) is 10.5. The minimum absolute atomic E-state index is 0.306. The molecule has 1 spiro atoms. The van der Waals surface area contributed by atoms with Crippen LogP contribution in [0.2, 0.25) is 0 Å². The lowest BCUT2D eigenvalue weighted by Crippen LogP contribution is -2.41. The largest absolute Gasteiger partial charge is 0.342 e. The van der Waals surface area contributed by atoms with Crippen LogP contribution in [-0.4, -0.2) is 47.2 Å². The Morgan fingerprint density at radius 3 is 3.00 bits per heavy atom. The molecular formula is C16H24N4O. The van der Waals surface area contributed by atoms with Crippen LogP contribution < -0.4 is 5.32 Å². The zero-order valence-corrected chi connectivity index (χ0v) is 12.5. The molecule has 3 fully saturated rings. The molecule has 114 valence electrons. The van der Waals surface area contributed by atoms with Gasteiger partial charge in [-0.25, -0.2) is 0 Å². The summed E-state index contributed by atoms with van der Waals surface area (Å²) in [5.74, 6) is 1.16. The summed E-state index contributed by atoms with van der Waals surface area (Å²) in [6.45, 7) is 3.97. The third kappa shape index (κ3) is 2.37. The minimum atomic E-state index is 0.306. The van der Waals surface area contributed by atoms with E-state index in [-0.39, 0.29) is 0 Å². The molecule has 4 rings (SSSR count). The van der Waals surface area contributed by atoms with Crippen molar-refractivity contribution in [3.05, 3.63) is 18.0 Å². The van der Waals surface area contributed by atoms with Crippen LogP contribution >= 0.6 is 0 Å². The fourth-order valence-corrected chi connectivity index (χ4v) is 4.32. The standard InChI is InChI=1S/C16H24N4O/c21-15(13-10-16(13)4-7-17-8-5-16)20-9-1-2-12(11-20)14-3-6-18-19-14/h3,6,12-13,17H,1-2,4-5,7-11H2,(H,18,19). The molecule has 21 heavy (non-hydrogen) atoms. The summed E-state index contributed by atoms with van der Waals surface area (Å²) < 4.78 is 0. The van der Waals surface area contributed by atoms with Gasteiger partial charge in [0.25, 0.3) is 0 Å². The van der Waals surface area contributed by atoms with E-state index in [4.69, 9.17) is 0 Å². The number of H-pyrrole nitrogens is 1. The summed E-state index contributed by atoms with van der Waals surface area (Å²) in [7, 11) is 0. The molecule has 2 saturated heterocycles. The highest BCUT2D eigenvalue weighted by Gasteiger charge is 2.58. The Kier molecular flexibility index (Phi) is 3.25. The van der Waals surface area contributed by atoms with Gasteiger partial charge in [-0.2, -0.15) is 5.10 Å². The van der Waals surface area contributed by atoms with Gasteiger partial charge in [0.15, 0.2) is 0 Å². The van der Waals surface area contributed by atoms with Gasteiger partial charge in [0, 0.05) is 36.8 Å². The maximum absolute atomic E-state index is 12.8. The Balaban J connectivity index is 1.41. The van der Waals surface area contributed by atoms with Crippen molar-refractivity contribution in [1.82, 2.24) is 20.4 Å². The highest BCUT2D eigenvalue weighted by Crippen LogP contribution is 2.59. The number of nitrogens with one attached hydrogen (secondary N) is 2. The van der Waals surface area contributed by atoms with Gasteiger partial charge >= 0.3 is 0 Å². The summed E-state index contributed by atoms with van der Waals surface area (Å²) in [6, 6.07) is 2.05. The number of hydrogen-bond donors (Lipinski definition) is 2. The number of hydrogen-bond acceptors (Lipinski definition) is 3. The third-order valence-electron chi connectivity index (χ3n) is 5.78. The van der Waals surface area contributed by atoms with Gasteiger partial charge in [-0.05, 0) is 56.7 Å². The van der Waals surface area contributed by atoms with Crippen LogP contribution in [0.3, 0.4) is 0 Å². The molecule has 1 aromatic heterocycles. The predicted molar refractivity (Wildman–Crippen MR) is 79.8 cm³/mol. The smallest absolute Gasteiger partial charge is 0.226 e. The van der Waals surface area contributed by atoms with E-state index in [2.05, 4.69) is 20.4 Å². The second kappa shape index (κ2) is 5.13.